The summed E-state index contributed by atoms with van der Waals surface area (Å²) in [6, 6.07) is 13.1. The van der Waals surface area contributed by atoms with Gasteiger partial charge in [0.1, 0.15) is 18.2 Å². The minimum atomic E-state index is -0.310. The number of likely N-dealkylation sites (tertiary alicyclic amines) is 1. The summed E-state index contributed by atoms with van der Waals surface area (Å²) in [6.45, 7) is 1.31. The topological polar surface area (TPSA) is 61.9 Å². The van der Waals surface area contributed by atoms with Crippen LogP contribution in [0.25, 0.3) is 0 Å². The van der Waals surface area contributed by atoms with Crippen LogP contribution in [-0.4, -0.2) is 60.9 Å². The maximum Gasteiger partial charge on any atom is 0.254 e. The van der Waals surface area contributed by atoms with Crippen molar-refractivity contribution in [2.45, 2.75) is 43.8 Å². The van der Waals surface area contributed by atoms with Crippen LogP contribution in [0.1, 0.15) is 47.6 Å². The summed E-state index contributed by atoms with van der Waals surface area (Å²) >= 11 is 0. The molecule has 2 aliphatic rings. The summed E-state index contributed by atoms with van der Waals surface area (Å²) in [5.74, 6) is 0.276. The minimum absolute atomic E-state index is 0.0287. The van der Waals surface area contributed by atoms with Gasteiger partial charge in [-0.2, -0.15) is 0 Å². The van der Waals surface area contributed by atoms with Crippen LogP contribution in [0.15, 0.2) is 48.5 Å². The van der Waals surface area contributed by atoms with Gasteiger partial charge in [0.05, 0.1) is 18.1 Å². The van der Waals surface area contributed by atoms with Crippen LogP contribution >= 0.6 is 0 Å². The zero-order valence-corrected chi connectivity index (χ0v) is 18.6. The monoisotopic (exact) mass is 439 g/mol. The number of hydrogen-bond acceptors (Lipinski definition) is 4. The Kier molecular flexibility index (Phi) is 6.74. The molecule has 0 aromatic heterocycles. The predicted molar refractivity (Wildman–Crippen MR) is 120 cm³/mol. The number of carbonyl (C=O) groups is 2. The van der Waals surface area contributed by atoms with Crippen LogP contribution in [0.4, 0.5) is 4.39 Å². The van der Waals surface area contributed by atoms with Gasteiger partial charge in [-0.3, -0.25) is 9.59 Å². The molecule has 0 unspecified atom stereocenters. The number of nitrogens with one attached hydrogen (secondary N) is 1. The Bertz CT molecular complexity index is 963. The molecular formula is C25H30FN3O3. The molecule has 170 valence electrons. The maximum atomic E-state index is 13.8. The highest BCUT2D eigenvalue weighted by Crippen LogP contribution is 2.40. The Hall–Kier alpha value is -2.93. The number of benzene rings is 2. The second-order valence-corrected chi connectivity index (χ2v) is 8.83. The molecule has 0 spiro atoms. The van der Waals surface area contributed by atoms with E-state index in [0.717, 1.165) is 24.9 Å². The summed E-state index contributed by atoms with van der Waals surface area (Å²) < 4.78 is 19.4. The SMILES string of the molecule is CN(C)CCOc1cccc(C(=O)N2[C@H](c3ccc(F)cc3)C[C@H]3NC(=O)CCC[C@@H]32)c1. The highest BCUT2D eigenvalue weighted by Gasteiger charge is 2.45. The zero-order valence-electron chi connectivity index (χ0n) is 18.6. The molecule has 0 saturated carbocycles. The third-order valence-corrected chi connectivity index (χ3v) is 6.26. The van der Waals surface area contributed by atoms with E-state index in [1.54, 1.807) is 24.3 Å². The van der Waals surface area contributed by atoms with E-state index in [1.165, 1.54) is 12.1 Å². The third kappa shape index (κ3) is 4.93. The Labute approximate surface area is 188 Å². The van der Waals surface area contributed by atoms with E-state index >= 15 is 0 Å². The first-order chi connectivity index (χ1) is 15.4. The van der Waals surface area contributed by atoms with Crippen LogP contribution < -0.4 is 10.1 Å². The number of likely N-dealkylation sites (N-methyl/N-ethyl adjacent to an activating group) is 1. The van der Waals surface area contributed by atoms with Crippen molar-refractivity contribution in [3.8, 4) is 5.75 Å². The van der Waals surface area contributed by atoms with Gasteiger partial charge in [0, 0.05) is 18.5 Å². The number of ether oxygens (including phenoxy) is 1. The summed E-state index contributed by atoms with van der Waals surface area (Å²) in [5, 5.41) is 3.10. The van der Waals surface area contributed by atoms with E-state index in [4.69, 9.17) is 4.74 Å². The fourth-order valence-corrected chi connectivity index (χ4v) is 4.67. The van der Waals surface area contributed by atoms with Gasteiger partial charge in [0.2, 0.25) is 5.91 Å². The standard InChI is InChI=1S/C25H30FN3O3/c1-28(2)13-14-32-20-6-3-5-18(15-20)25(31)29-22-7-4-8-24(30)27-21(22)16-23(29)17-9-11-19(26)12-10-17/h3,5-6,9-12,15,21-23H,4,7-8,13-14,16H2,1-2H3,(H,27,30)/t21-,22+,23+/m1/s1. The Balaban J connectivity index is 1.62. The molecule has 4 rings (SSSR count). The number of hydrogen-bond donors (Lipinski definition) is 1. The number of carbonyl (C=O) groups excluding carboxylic acids is 2. The van der Waals surface area contributed by atoms with Crippen molar-refractivity contribution in [2.24, 2.45) is 0 Å². The van der Waals surface area contributed by atoms with Crippen molar-refractivity contribution >= 4 is 11.8 Å². The molecule has 6 nitrogen and oxygen atoms in total. The van der Waals surface area contributed by atoms with Crippen LogP contribution in [-0.2, 0) is 4.79 Å². The highest BCUT2D eigenvalue weighted by atomic mass is 19.1. The highest BCUT2D eigenvalue weighted by molar-refractivity contribution is 5.95. The second-order valence-electron chi connectivity index (χ2n) is 8.83. The first kappa shape index (κ1) is 22.3. The fourth-order valence-electron chi connectivity index (χ4n) is 4.67. The lowest BCUT2D eigenvalue weighted by molar-refractivity contribution is -0.121. The van der Waals surface area contributed by atoms with Crippen molar-refractivity contribution < 1.29 is 18.7 Å². The van der Waals surface area contributed by atoms with Gasteiger partial charge in [-0.15, -0.1) is 0 Å². The Morgan fingerprint density at radius 1 is 1.22 bits per heavy atom. The quantitative estimate of drug-likeness (QED) is 0.750. The van der Waals surface area contributed by atoms with Crippen LogP contribution in [0.2, 0.25) is 0 Å². The molecule has 2 heterocycles. The minimum Gasteiger partial charge on any atom is -0.492 e. The molecule has 7 heteroatoms. The van der Waals surface area contributed by atoms with Gasteiger partial charge >= 0.3 is 0 Å². The third-order valence-electron chi connectivity index (χ3n) is 6.26. The molecule has 2 saturated heterocycles. The number of halogens is 1. The van der Waals surface area contributed by atoms with E-state index in [-0.39, 0.29) is 35.8 Å². The van der Waals surface area contributed by atoms with Crippen molar-refractivity contribution in [1.29, 1.82) is 0 Å². The zero-order chi connectivity index (χ0) is 22.7. The first-order valence-electron chi connectivity index (χ1n) is 11.2. The molecule has 0 bridgehead atoms. The molecule has 2 aromatic rings. The first-order valence-corrected chi connectivity index (χ1v) is 11.2. The predicted octanol–water partition coefficient (Wildman–Crippen LogP) is 3.39. The van der Waals surface area contributed by atoms with Crippen molar-refractivity contribution in [1.82, 2.24) is 15.1 Å². The van der Waals surface area contributed by atoms with Crippen LogP contribution in [0.5, 0.6) is 5.75 Å². The molecular weight excluding hydrogens is 409 g/mol. The maximum absolute atomic E-state index is 13.8. The Morgan fingerprint density at radius 3 is 2.75 bits per heavy atom. The molecule has 2 aliphatic heterocycles. The normalized spacial score (nSPS) is 22.9. The summed E-state index contributed by atoms with van der Waals surface area (Å²) in [4.78, 5) is 29.9. The summed E-state index contributed by atoms with van der Waals surface area (Å²) in [7, 11) is 3.96. The molecule has 3 atom stereocenters. The average molecular weight is 440 g/mol. The number of rotatable bonds is 6. The largest absolute Gasteiger partial charge is 0.492 e. The molecule has 0 radical (unpaired) electrons. The van der Waals surface area contributed by atoms with Gasteiger partial charge in [-0.05, 0) is 69.3 Å². The van der Waals surface area contributed by atoms with Gasteiger partial charge in [-0.25, -0.2) is 4.39 Å². The van der Waals surface area contributed by atoms with Gasteiger partial charge in [-0.1, -0.05) is 18.2 Å². The smallest absolute Gasteiger partial charge is 0.254 e. The molecule has 2 fully saturated rings. The van der Waals surface area contributed by atoms with Crippen molar-refractivity contribution in [3.63, 3.8) is 0 Å². The second kappa shape index (κ2) is 9.69. The van der Waals surface area contributed by atoms with Crippen molar-refractivity contribution in [2.75, 3.05) is 27.2 Å². The van der Waals surface area contributed by atoms with E-state index in [2.05, 4.69) is 5.32 Å². The van der Waals surface area contributed by atoms with Crippen LogP contribution in [0, 0.1) is 5.82 Å². The summed E-state index contributed by atoms with van der Waals surface area (Å²) in [5.41, 5.74) is 1.43. The molecule has 32 heavy (non-hydrogen) atoms. The molecule has 0 aliphatic carbocycles. The molecule has 1 N–H and O–H groups in total. The van der Waals surface area contributed by atoms with E-state index in [1.807, 2.05) is 36.0 Å². The lowest BCUT2D eigenvalue weighted by Crippen LogP contribution is -2.45. The van der Waals surface area contributed by atoms with Crippen molar-refractivity contribution in [3.05, 3.63) is 65.5 Å². The number of amides is 2. The molecule has 2 aromatic carbocycles. The van der Waals surface area contributed by atoms with Gasteiger partial charge in [0.15, 0.2) is 0 Å². The van der Waals surface area contributed by atoms with Crippen LogP contribution in [0.3, 0.4) is 0 Å². The fraction of sp³-hybridized carbons (Fsp3) is 0.440. The lowest BCUT2D eigenvalue weighted by Gasteiger charge is -2.31. The average Bonchev–Trinajstić information content (AvgIpc) is 3.01. The number of fused-ring (bicyclic) bond motifs is 1. The van der Waals surface area contributed by atoms with E-state index < -0.39 is 0 Å². The lowest BCUT2D eigenvalue weighted by atomic mass is 10.0. The Morgan fingerprint density at radius 2 is 2.00 bits per heavy atom. The van der Waals surface area contributed by atoms with Gasteiger partial charge < -0.3 is 19.9 Å². The van der Waals surface area contributed by atoms with Gasteiger partial charge in [0.25, 0.3) is 5.91 Å². The summed E-state index contributed by atoms with van der Waals surface area (Å²) in [6.07, 6.45) is 2.59. The van der Waals surface area contributed by atoms with E-state index in [9.17, 15) is 14.0 Å². The van der Waals surface area contributed by atoms with E-state index in [0.29, 0.717) is 30.8 Å². The number of nitrogens with zero attached hydrogens (tertiary/aromatic N) is 2. The molecule has 2 amide bonds.